The first-order valence-electron chi connectivity index (χ1n) is 34.7. The fraction of sp³-hybridized carbons (Fsp3) is 0.333. The lowest BCUT2D eigenvalue weighted by molar-refractivity contribution is -0.358. The van der Waals surface area contributed by atoms with Gasteiger partial charge in [-0.1, -0.05) is 273 Å². The molecule has 0 saturated carbocycles. The molecule has 3 aliphatic heterocycles. The maximum atomic E-state index is 13.9. The van der Waals surface area contributed by atoms with Crippen LogP contribution in [0.2, 0.25) is 0 Å². The van der Waals surface area contributed by atoms with E-state index >= 15 is 0 Å². The van der Waals surface area contributed by atoms with Crippen LogP contribution in [0, 0.1) is 0 Å². The Morgan fingerprint density at radius 1 is 0.284 bits per heavy atom. The van der Waals surface area contributed by atoms with Gasteiger partial charge in [-0.05, 0) is 56.6 Å². The summed E-state index contributed by atoms with van der Waals surface area (Å²) < 4.78 is 105. The highest BCUT2D eigenvalue weighted by Crippen LogP contribution is 2.42. The number of carbonyl (C=O) groups is 2. The van der Waals surface area contributed by atoms with Crippen molar-refractivity contribution in [2.75, 3.05) is 19.8 Å². The van der Waals surface area contributed by atoms with E-state index in [1.165, 1.54) is 25.6 Å². The molecule has 0 amide bonds. The molecule has 12 rings (SSSR count). The van der Waals surface area contributed by atoms with Gasteiger partial charge in [0.15, 0.2) is 24.8 Å². The molecule has 9 aromatic rings. The minimum atomic E-state index is -1.42. The Morgan fingerprint density at radius 3 is 0.902 bits per heavy atom. The van der Waals surface area contributed by atoms with E-state index in [0.717, 1.165) is 49.4 Å². The van der Waals surface area contributed by atoms with Gasteiger partial charge in [0.1, 0.15) is 66.5 Å². The van der Waals surface area contributed by atoms with Crippen molar-refractivity contribution in [3.8, 4) is 0 Å². The first kappa shape index (κ1) is 73.5. The van der Waals surface area contributed by atoms with Crippen molar-refractivity contribution < 1.29 is 80.6 Å². The smallest absolute Gasteiger partial charge is 0.303 e. The van der Waals surface area contributed by atoms with Gasteiger partial charge in [0.2, 0.25) is 0 Å². The van der Waals surface area contributed by atoms with E-state index in [0.29, 0.717) is 0 Å². The van der Waals surface area contributed by atoms with Crippen LogP contribution in [-0.2, 0) is 133 Å². The maximum Gasteiger partial charge on any atom is 0.303 e. The van der Waals surface area contributed by atoms with E-state index < -0.39 is 103 Å². The number of carbonyl (C=O) groups excluding carboxylic acids is 2. The van der Waals surface area contributed by atoms with Crippen LogP contribution in [0.25, 0.3) is 0 Å². The number of thioether (sulfide) groups is 1. The first-order valence-corrected chi connectivity index (χ1v) is 35.6. The summed E-state index contributed by atoms with van der Waals surface area (Å²) in [6, 6.07) is 88.3. The van der Waals surface area contributed by atoms with Gasteiger partial charge in [0.05, 0.1) is 72.7 Å². The summed E-state index contributed by atoms with van der Waals surface area (Å²) in [5.41, 5.74) is 6.29. The van der Waals surface area contributed by atoms with Crippen LogP contribution in [0.1, 0.15) is 58.4 Å². The lowest BCUT2D eigenvalue weighted by atomic mass is 9.96. The van der Waals surface area contributed by atoms with Crippen LogP contribution in [0.15, 0.2) is 278 Å². The zero-order valence-electron chi connectivity index (χ0n) is 57.3. The molecule has 3 saturated heterocycles. The third-order valence-corrected chi connectivity index (χ3v) is 18.7. The van der Waals surface area contributed by atoms with Gasteiger partial charge in [0, 0.05) is 18.7 Å². The molecule has 0 N–H and O–H groups in total. The Hall–Kier alpha value is -8.25. The lowest BCUT2D eigenvalue weighted by Crippen LogP contribution is -2.66. The van der Waals surface area contributed by atoms with Gasteiger partial charge < -0.3 is 71.1 Å². The molecule has 6 unspecified atom stereocenters. The van der Waals surface area contributed by atoms with Crippen LogP contribution < -0.4 is 0 Å². The van der Waals surface area contributed by atoms with Gasteiger partial charge >= 0.3 is 11.9 Å². The van der Waals surface area contributed by atoms with Crippen molar-refractivity contribution >= 4 is 23.7 Å². The molecule has 102 heavy (non-hydrogen) atoms. The Bertz CT molecular complexity index is 3840. The molecule has 0 aliphatic carbocycles. The summed E-state index contributed by atoms with van der Waals surface area (Å²) in [5, 5.41) is 0. The summed E-state index contributed by atoms with van der Waals surface area (Å²) >= 11 is 1.43. The van der Waals surface area contributed by atoms with E-state index in [1.807, 2.05) is 273 Å². The Balaban J connectivity index is 0.951. The van der Waals surface area contributed by atoms with E-state index in [2.05, 4.69) is 0 Å². The van der Waals surface area contributed by atoms with Crippen molar-refractivity contribution in [2.24, 2.45) is 0 Å². The first-order chi connectivity index (χ1) is 50.2. The summed E-state index contributed by atoms with van der Waals surface area (Å²) in [6.45, 7) is 3.70. The number of hydrogen-bond acceptors (Lipinski definition) is 18. The minimum Gasteiger partial charge on any atom is -0.454 e. The number of ether oxygens (including phenoxy) is 15. The summed E-state index contributed by atoms with van der Waals surface area (Å²) in [4.78, 5) is 28.5. The van der Waals surface area contributed by atoms with E-state index in [4.69, 9.17) is 71.1 Å². The zero-order valence-corrected chi connectivity index (χ0v) is 58.1. The second kappa shape index (κ2) is 38.9. The standard InChI is InChI=1S/C84H88O17S/c1-59(85)96-79-76(92-53-66-40-22-8-23-41-66)73(89-50-63-34-16-5-17-35-63)70(56-87-48-61-30-12-3-13-31-61)98-82(79)95-58-72-75(91-52-65-38-20-7-21-39-65)78(81(94-55-68-44-26-10-27-45-68)84(100-72)102-69-46-28-11-29-47-69)101-83-80(97-60(2)86)77(93-54-67-42-24-9-25-43-67)74(90-51-64-36-18-6-19-37-64)71(99-83)57-88-49-62-32-14-4-15-33-62/h3-47,70-84H,48-58H2,1-2H3/t70?,71?,72?,73-,74-,75+,76+,77+,78+,79?,80?,81?,82+,83+,84-/m1/s1. The maximum absolute atomic E-state index is 13.9. The van der Waals surface area contributed by atoms with E-state index in [-0.39, 0.29) is 72.7 Å². The second-order valence-corrected chi connectivity index (χ2v) is 26.4. The predicted molar refractivity (Wildman–Crippen MR) is 383 cm³/mol. The lowest BCUT2D eigenvalue weighted by Gasteiger charge is -2.50. The predicted octanol–water partition coefficient (Wildman–Crippen LogP) is 14.2. The molecule has 18 heteroatoms. The van der Waals surface area contributed by atoms with Crippen LogP contribution >= 0.6 is 11.8 Å². The average molecular weight is 1400 g/mol. The third kappa shape index (κ3) is 21.7. The van der Waals surface area contributed by atoms with Crippen molar-refractivity contribution in [3.05, 3.63) is 317 Å². The molecule has 0 radical (unpaired) electrons. The third-order valence-electron chi connectivity index (χ3n) is 17.6. The van der Waals surface area contributed by atoms with Crippen molar-refractivity contribution in [2.45, 2.75) is 163 Å². The van der Waals surface area contributed by atoms with Crippen molar-refractivity contribution in [3.63, 3.8) is 0 Å². The number of rotatable bonds is 35. The van der Waals surface area contributed by atoms with Gasteiger partial charge in [-0.15, -0.1) is 0 Å². The molecule has 0 spiro atoms. The van der Waals surface area contributed by atoms with Crippen LogP contribution in [-0.4, -0.2) is 123 Å². The molecule has 532 valence electrons. The van der Waals surface area contributed by atoms with Crippen molar-refractivity contribution in [1.82, 2.24) is 0 Å². The summed E-state index contributed by atoms with van der Waals surface area (Å²) in [7, 11) is 0. The summed E-state index contributed by atoms with van der Waals surface area (Å²) in [6.07, 6.45) is -15.1. The summed E-state index contributed by atoms with van der Waals surface area (Å²) in [5.74, 6) is -1.22. The molecule has 0 bridgehead atoms. The Labute approximate surface area is 601 Å². The fourth-order valence-corrected chi connectivity index (χ4v) is 13.8. The number of hydrogen-bond donors (Lipinski definition) is 0. The van der Waals surface area contributed by atoms with Gasteiger partial charge in [-0.3, -0.25) is 9.59 Å². The zero-order chi connectivity index (χ0) is 69.9. The SMILES string of the molecule is CC(=O)OC1[C@@H](OCC2O[C@H](Sc3ccccc3)C(OCc3ccccc3)[C@@H](O[C@@H]3OC(COCc4ccccc4)[C@@H](OCc4ccccc4)[C@H](OCc4ccccc4)C3OC(C)=O)[C@H]2OCc2ccccc2)OC(COCc2ccccc2)[C@@H](OCc2ccccc2)[C@@H]1OCc1ccccc1. The molecule has 15 atom stereocenters. The quantitative estimate of drug-likeness (QED) is 0.0343. The van der Waals surface area contributed by atoms with Gasteiger partial charge in [-0.25, -0.2) is 0 Å². The highest BCUT2D eigenvalue weighted by atomic mass is 32.2. The molecule has 3 heterocycles. The van der Waals surface area contributed by atoms with Gasteiger partial charge in [0.25, 0.3) is 0 Å². The van der Waals surface area contributed by atoms with Crippen molar-refractivity contribution in [1.29, 1.82) is 0 Å². The normalized spacial score (nSPS) is 24.9. The molecule has 3 aliphatic rings. The molecule has 17 nitrogen and oxygen atoms in total. The number of esters is 2. The highest BCUT2D eigenvalue weighted by Gasteiger charge is 2.57. The van der Waals surface area contributed by atoms with E-state index in [1.54, 1.807) is 0 Å². The molecule has 3 fully saturated rings. The van der Waals surface area contributed by atoms with Crippen LogP contribution in [0.3, 0.4) is 0 Å². The molecular formula is C84H88O17S. The number of benzene rings is 9. The fourth-order valence-electron chi connectivity index (χ4n) is 12.6. The highest BCUT2D eigenvalue weighted by molar-refractivity contribution is 7.99. The molecule has 9 aromatic carbocycles. The Kier molecular flexibility index (Phi) is 28.0. The van der Waals surface area contributed by atoms with E-state index in [9.17, 15) is 9.59 Å². The van der Waals surface area contributed by atoms with Crippen LogP contribution in [0.4, 0.5) is 0 Å². The van der Waals surface area contributed by atoms with Gasteiger partial charge in [-0.2, -0.15) is 0 Å². The monoisotopic (exact) mass is 1400 g/mol. The second-order valence-electron chi connectivity index (χ2n) is 25.2. The molecule has 0 aromatic heterocycles. The topological polar surface area (TPSA) is 173 Å². The molecular weight excluding hydrogens is 1310 g/mol. The average Bonchev–Trinajstić information content (AvgIpc) is 0.767. The minimum absolute atomic E-state index is 0.00217. The largest absolute Gasteiger partial charge is 0.454 e. The Morgan fingerprint density at radius 2 is 0.559 bits per heavy atom. The van der Waals surface area contributed by atoms with Crippen LogP contribution in [0.5, 0.6) is 0 Å².